The zero-order valence-corrected chi connectivity index (χ0v) is 10.9. The van der Waals surface area contributed by atoms with Crippen molar-refractivity contribution in [3.63, 3.8) is 0 Å². The second-order valence-corrected chi connectivity index (χ2v) is 4.74. The number of fused-ring (bicyclic) bond motifs is 3. The molecule has 96 valence electrons. The van der Waals surface area contributed by atoms with Crippen LogP contribution in [0.2, 0.25) is 0 Å². The van der Waals surface area contributed by atoms with E-state index in [1.165, 1.54) is 5.39 Å². The average Bonchev–Trinajstić information content (AvgIpc) is 2.55. The third-order valence-corrected chi connectivity index (χ3v) is 3.48. The number of azo groups is 2. The lowest BCUT2D eigenvalue weighted by Crippen LogP contribution is -2.15. The van der Waals surface area contributed by atoms with E-state index < -0.39 is 0 Å². The molecule has 1 aliphatic heterocycles. The highest BCUT2D eigenvalue weighted by molar-refractivity contribution is 5.95. The SMILES string of the molecule is c1ccc([N+]2=Nc3c(ccc4ccccc34)OC2)cc1. The highest BCUT2D eigenvalue weighted by Gasteiger charge is 2.22. The number of ether oxygens (including phenoxy) is 1. The summed E-state index contributed by atoms with van der Waals surface area (Å²) < 4.78 is 7.71. The Morgan fingerprint density at radius 2 is 1.65 bits per heavy atom. The molecule has 0 fully saturated rings. The third kappa shape index (κ3) is 1.75. The first-order chi connectivity index (χ1) is 9.92. The summed E-state index contributed by atoms with van der Waals surface area (Å²) in [5.41, 5.74) is 1.93. The van der Waals surface area contributed by atoms with Gasteiger partial charge in [0.25, 0.3) is 0 Å². The second-order valence-electron chi connectivity index (χ2n) is 4.74. The van der Waals surface area contributed by atoms with Gasteiger partial charge >= 0.3 is 6.73 Å². The van der Waals surface area contributed by atoms with Crippen molar-refractivity contribution in [2.45, 2.75) is 0 Å². The van der Waals surface area contributed by atoms with E-state index in [0.717, 1.165) is 22.5 Å². The minimum atomic E-state index is 0.440. The lowest BCUT2D eigenvalue weighted by Gasteiger charge is -2.13. The predicted molar refractivity (Wildman–Crippen MR) is 77.9 cm³/mol. The zero-order chi connectivity index (χ0) is 13.4. The first kappa shape index (κ1) is 11.2. The van der Waals surface area contributed by atoms with Gasteiger partial charge in [0, 0.05) is 22.6 Å². The van der Waals surface area contributed by atoms with Crippen LogP contribution in [-0.4, -0.2) is 11.4 Å². The van der Waals surface area contributed by atoms with E-state index in [1.54, 1.807) is 0 Å². The highest BCUT2D eigenvalue weighted by Crippen LogP contribution is 2.38. The van der Waals surface area contributed by atoms with Crippen LogP contribution in [0.25, 0.3) is 10.8 Å². The van der Waals surface area contributed by atoms with Crippen molar-refractivity contribution in [2.75, 3.05) is 6.73 Å². The minimum absolute atomic E-state index is 0.440. The van der Waals surface area contributed by atoms with Gasteiger partial charge in [0.15, 0.2) is 11.4 Å². The van der Waals surface area contributed by atoms with E-state index in [4.69, 9.17) is 9.85 Å². The Morgan fingerprint density at radius 3 is 2.55 bits per heavy atom. The van der Waals surface area contributed by atoms with Crippen LogP contribution >= 0.6 is 0 Å². The smallest absolute Gasteiger partial charge is 0.317 e. The summed E-state index contributed by atoms with van der Waals surface area (Å²) in [6.45, 7) is 0.440. The van der Waals surface area contributed by atoms with Crippen LogP contribution in [0, 0.1) is 0 Å². The summed E-state index contributed by atoms with van der Waals surface area (Å²) in [5, 5.41) is 7.04. The quantitative estimate of drug-likeness (QED) is 0.587. The molecule has 3 nitrogen and oxygen atoms in total. The van der Waals surface area contributed by atoms with Gasteiger partial charge in [-0.1, -0.05) is 48.5 Å². The molecule has 3 aromatic rings. The number of benzene rings is 3. The van der Waals surface area contributed by atoms with Crippen LogP contribution in [0.4, 0.5) is 11.4 Å². The molecular formula is C17H13N2O+. The van der Waals surface area contributed by atoms with Crippen LogP contribution in [0.5, 0.6) is 5.75 Å². The van der Waals surface area contributed by atoms with Crippen molar-refractivity contribution in [1.29, 1.82) is 0 Å². The third-order valence-electron chi connectivity index (χ3n) is 3.48. The van der Waals surface area contributed by atoms with Crippen molar-refractivity contribution >= 4 is 22.1 Å². The molecule has 3 aromatic carbocycles. The average molecular weight is 261 g/mol. The molecule has 1 heterocycles. The van der Waals surface area contributed by atoms with Gasteiger partial charge in [-0.3, -0.25) is 0 Å². The molecule has 1 aliphatic rings. The molecule has 0 amide bonds. The Hall–Kier alpha value is -2.68. The number of para-hydroxylation sites is 1. The molecule has 0 aromatic heterocycles. The van der Waals surface area contributed by atoms with Gasteiger partial charge in [-0.15, -0.1) is 0 Å². The minimum Gasteiger partial charge on any atom is -0.431 e. The van der Waals surface area contributed by atoms with Crippen LogP contribution in [0.3, 0.4) is 0 Å². The summed E-state index contributed by atoms with van der Waals surface area (Å²) in [6, 6.07) is 22.4. The summed E-state index contributed by atoms with van der Waals surface area (Å²) in [7, 11) is 0. The molecule has 3 heteroatoms. The Balaban J connectivity index is 1.93. The summed E-state index contributed by atoms with van der Waals surface area (Å²) >= 11 is 0. The molecule has 0 atom stereocenters. The zero-order valence-electron chi connectivity index (χ0n) is 10.9. The van der Waals surface area contributed by atoms with Crippen molar-refractivity contribution in [2.24, 2.45) is 5.11 Å². The van der Waals surface area contributed by atoms with Gasteiger partial charge < -0.3 is 4.74 Å². The van der Waals surface area contributed by atoms with E-state index in [1.807, 2.05) is 53.2 Å². The second kappa shape index (κ2) is 4.46. The van der Waals surface area contributed by atoms with Gasteiger partial charge in [0.2, 0.25) is 5.69 Å². The Morgan fingerprint density at radius 1 is 0.850 bits per heavy atom. The number of nitrogens with zero attached hydrogens (tertiary/aromatic N) is 2. The fourth-order valence-corrected chi connectivity index (χ4v) is 2.47. The van der Waals surface area contributed by atoms with E-state index in [-0.39, 0.29) is 0 Å². The van der Waals surface area contributed by atoms with Gasteiger partial charge in [-0.05, 0) is 16.1 Å². The maximum Gasteiger partial charge on any atom is 0.317 e. The van der Waals surface area contributed by atoms with Crippen molar-refractivity contribution in [3.8, 4) is 5.75 Å². The molecule has 0 radical (unpaired) electrons. The van der Waals surface area contributed by atoms with E-state index in [2.05, 4.69) is 18.2 Å². The van der Waals surface area contributed by atoms with E-state index >= 15 is 0 Å². The normalized spacial score (nSPS) is 13.5. The first-order valence-corrected chi connectivity index (χ1v) is 6.60. The Bertz CT molecular complexity index is 810. The largest absolute Gasteiger partial charge is 0.431 e. The fourth-order valence-electron chi connectivity index (χ4n) is 2.47. The molecule has 0 bridgehead atoms. The molecule has 0 spiro atoms. The fraction of sp³-hybridized carbons (Fsp3) is 0.0588. The lowest BCUT2D eigenvalue weighted by molar-refractivity contribution is -0.544. The summed E-state index contributed by atoms with van der Waals surface area (Å²) in [5.74, 6) is 0.843. The van der Waals surface area contributed by atoms with Crippen molar-refractivity contribution in [3.05, 3.63) is 66.7 Å². The summed E-state index contributed by atoms with van der Waals surface area (Å²) in [4.78, 5) is 0. The number of rotatable bonds is 1. The summed E-state index contributed by atoms with van der Waals surface area (Å²) in [6.07, 6.45) is 0. The molecule has 20 heavy (non-hydrogen) atoms. The molecule has 0 N–H and O–H groups in total. The van der Waals surface area contributed by atoms with Gasteiger partial charge in [0.05, 0.1) is 0 Å². The maximum atomic E-state index is 5.83. The first-order valence-electron chi connectivity index (χ1n) is 6.60. The van der Waals surface area contributed by atoms with Crippen LogP contribution in [-0.2, 0) is 0 Å². The van der Waals surface area contributed by atoms with Crippen LogP contribution in [0.15, 0.2) is 71.8 Å². The Labute approximate surface area is 116 Å². The molecule has 0 aliphatic carbocycles. The van der Waals surface area contributed by atoms with Crippen molar-refractivity contribution in [1.82, 2.24) is 0 Å². The number of hydrogen-bond donors (Lipinski definition) is 0. The van der Waals surface area contributed by atoms with Crippen LogP contribution in [0.1, 0.15) is 0 Å². The van der Waals surface area contributed by atoms with Crippen LogP contribution < -0.4 is 4.74 Å². The molecule has 0 unspecified atom stereocenters. The topological polar surface area (TPSA) is 24.6 Å². The van der Waals surface area contributed by atoms with Gasteiger partial charge in [-0.2, -0.15) is 0 Å². The highest BCUT2D eigenvalue weighted by atomic mass is 16.5. The predicted octanol–water partition coefficient (Wildman–Crippen LogP) is 4.62. The van der Waals surface area contributed by atoms with E-state index in [9.17, 15) is 0 Å². The van der Waals surface area contributed by atoms with Crippen molar-refractivity contribution < 1.29 is 9.43 Å². The maximum absolute atomic E-state index is 5.83. The molecule has 0 saturated heterocycles. The lowest BCUT2D eigenvalue weighted by atomic mass is 10.1. The monoisotopic (exact) mass is 261 g/mol. The van der Waals surface area contributed by atoms with Gasteiger partial charge in [-0.25, -0.2) is 0 Å². The van der Waals surface area contributed by atoms with Gasteiger partial charge in [0.1, 0.15) is 0 Å². The Kier molecular flexibility index (Phi) is 2.49. The number of hydrogen-bond acceptors (Lipinski definition) is 2. The standard InChI is InChI=1S/C17H13N2O/c1-2-7-14(8-3-1)19-12-20-16-11-10-13-6-4-5-9-15(13)17(16)18-19/h1-11H,12H2/q+1. The van der Waals surface area contributed by atoms with E-state index in [0.29, 0.717) is 6.73 Å². The molecule has 4 rings (SSSR count). The molecular weight excluding hydrogens is 248 g/mol. The molecule has 0 saturated carbocycles.